The molecular weight excluding hydrogens is 372 g/mol. The van der Waals surface area contributed by atoms with E-state index in [0.717, 1.165) is 9.79 Å². The minimum Gasteiger partial charge on any atom is -0.452 e. The van der Waals surface area contributed by atoms with E-state index in [9.17, 15) is 9.59 Å². The van der Waals surface area contributed by atoms with Gasteiger partial charge < -0.3 is 15.4 Å². The second-order valence-electron chi connectivity index (χ2n) is 5.83. The number of amides is 1. The lowest BCUT2D eigenvalue weighted by Crippen LogP contribution is -2.21. The van der Waals surface area contributed by atoms with Gasteiger partial charge in [-0.1, -0.05) is 54.2 Å². The largest absolute Gasteiger partial charge is 0.452 e. The molecule has 5 nitrogen and oxygen atoms in total. The van der Waals surface area contributed by atoms with Crippen LogP contribution in [0.4, 0.5) is 11.4 Å². The number of ether oxygens (including phenoxy) is 1. The summed E-state index contributed by atoms with van der Waals surface area (Å²) < 4.78 is 5.16. The lowest BCUT2D eigenvalue weighted by molar-refractivity contribution is -0.119. The summed E-state index contributed by atoms with van der Waals surface area (Å²) in [5.41, 5.74) is 1.71. The molecule has 2 N–H and O–H groups in total. The van der Waals surface area contributed by atoms with Crippen molar-refractivity contribution in [3.63, 3.8) is 0 Å². The lowest BCUT2D eigenvalue weighted by atomic mass is 10.2. The molecule has 3 rings (SSSR count). The maximum Gasteiger partial charge on any atom is 0.340 e. The standard InChI is InChI=1S/C22H20N2O3S/c1-23-18-12-6-5-11-17(18)22(26)27-15-21(25)24-19-13-7-8-14-20(19)28-16-9-3-2-4-10-16/h2-14,23H,15H2,1H3,(H,24,25). The minimum absolute atomic E-state index is 0.360. The van der Waals surface area contributed by atoms with Crippen molar-refractivity contribution in [3.8, 4) is 0 Å². The number of carbonyl (C=O) groups is 2. The Labute approximate surface area is 168 Å². The fourth-order valence-corrected chi connectivity index (χ4v) is 3.47. The van der Waals surface area contributed by atoms with Crippen molar-refractivity contribution in [1.29, 1.82) is 0 Å². The third-order valence-electron chi connectivity index (χ3n) is 3.88. The van der Waals surface area contributed by atoms with Crippen molar-refractivity contribution in [2.24, 2.45) is 0 Å². The van der Waals surface area contributed by atoms with Gasteiger partial charge in [0.1, 0.15) is 0 Å². The van der Waals surface area contributed by atoms with Gasteiger partial charge in [-0.3, -0.25) is 4.79 Å². The molecule has 28 heavy (non-hydrogen) atoms. The number of hydrogen-bond donors (Lipinski definition) is 2. The molecule has 0 saturated carbocycles. The SMILES string of the molecule is CNc1ccccc1C(=O)OCC(=O)Nc1ccccc1Sc1ccccc1. The number of esters is 1. The van der Waals surface area contributed by atoms with Crippen LogP contribution in [0.3, 0.4) is 0 Å². The number of benzene rings is 3. The predicted molar refractivity (Wildman–Crippen MR) is 112 cm³/mol. The summed E-state index contributed by atoms with van der Waals surface area (Å²) in [5, 5.41) is 5.74. The van der Waals surface area contributed by atoms with Crippen LogP contribution >= 0.6 is 11.8 Å². The monoisotopic (exact) mass is 392 g/mol. The topological polar surface area (TPSA) is 67.4 Å². The molecule has 0 aromatic heterocycles. The van der Waals surface area contributed by atoms with Crippen molar-refractivity contribution >= 4 is 35.0 Å². The fourth-order valence-electron chi connectivity index (χ4n) is 2.55. The summed E-state index contributed by atoms with van der Waals surface area (Å²) in [5.74, 6) is -0.941. The Balaban J connectivity index is 1.62. The van der Waals surface area contributed by atoms with Gasteiger partial charge >= 0.3 is 5.97 Å². The second kappa shape index (κ2) is 9.62. The average molecular weight is 392 g/mol. The molecule has 0 unspecified atom stereocenters. The first-order chi connectivity index (χ1) is 13.7. The number of anilines is 2. The maximum atomic E-state index is 12.3. The Hall–Kier alpha value is -3.25. The number of carbonyl (C=O) groups excluding carboxylic acids is 2. The molecule has 0 saturated heterocycles. The van der Waals surface area contributed by atoms with E-state index in [1.165, 1.54) is 0 Å². The molecule has 0 aliphatic heterocycles. The molecule has 0 bridgehead atoms. The van der Waals surface area contributed by atoms with Gasteiger partial charge in [-0.05, 0) is 36.4 Å². The Morgan fingerprint density at radius 3 is 2.25 bits per heavy atom. The Morgan fingerprint density at radius 1 is 0.857 bits per heavy atom. The molecule has 0 heterocycles. The molecule has 0 aliphatic carbocycles. The average Bonchev–Trinajstić information content (AvgIpc) is 2.74. The molecule has 1 amide bonds. The van der Waals surface area contributed by atoms with Crippen LogP contribution in [-0.2, 0) is 9.53 Å². The first-order valence-corrected chi connectivity index (χ1v) is 9.54. The highest BCUT2D eigenvalue weighted by Gasteiger charge is 2.14. The predicted octanol–water partition coefficient (Wildman–Crippen LogP) is 4.68. The Morgan fingerprint density at radius 2 is 1.50 bits per heavy atom. The highest BCUT2D eigenvalue weighted by Crippen LogP contribution is 2.33. The van der Waals surface area contributed by atoms with Gasteiger partial charge in [0.05, 0.1) is 11.3 Å². The van der Waals surface area contributed by atoms with E-state index in [1.54, 1.807) is 37.0 Å². The van der Waals surface area contributed by atoms with E-state index in [0.29, 0.717) is 16.9 Å². The van der Waals surface area contributed by atoms with Crippen LogP contribution in [0.5, 0.6) is 0 Å². The first kappa shape index (κ1) is 19.5. The third-order valence-corrected chi connectivity index (χ3v) is 4.97. The zero-order valence-corrected chi connectivity index (χ0v) is 16.2. The summed E-state index contributed by atoms with van der Waals surface area (Å²) in [6.07, 6.45) is 0. The molecule has 0 fully saturated rings. The van der Waals surface area contributed by atoms with Crippen LogP contribution in [-0.4, -0.2) is 25.5 Å². The van der Waals surface area contributed by atoms with Crippen molar-refractivity contribution in [2.75, 3.05) is 24.3 Å². The molecule has 0 spiro atoms. The van der Waals surface area contributed by atoms with Gasteiger partial charge in [0, 0.05) is 22.5 Å². The summed E-state index contributed by atoms with van der Waals surface area (Å²) >= 11 is 1.55. The normalized spacial score (nSPS) is 10.2. The van der Waals surface area contributed by atoms with Gasteiger partial charge in [0.25, 0.3) is 5.91 Å². The summed E-state index contributed by atoms with van der Waals surface area (Å²) in [6.45, 7) is -0.360. The molecule has 3 aromatic carbocycles. The van der Waals surface area contributed by atoms with Gasteiger partial charge in [0.2, 0.25) is 0 Å². The number of hydrogen-bond acceptors (Lipinski definition) is 5. The Bertz CT molecular complexity index is 961. The zero-order valence-electron chi connectivity index (χ0n) is 15.3. The van der Waals surface area contributed by atoms with E-state index < -0.39 is 11.9 Å². The van der Waals surface area contributed by atoms with E-state index in [2.05, 4.69) is 10.6 Å². The molecule has 142 valence electrons. The fraction of sp³-hybridized carbons (Fsp3) is 0.0909. The van der Waals surface area contributed by atoms with E-state index in [-0.39, 0.29) is 6.61 Å². The van der Waals surface area contributed by atoms with Gasteiger partial charge in [-0.25, -0.2) is 4.79 Å². The van der Waals surface area contributed by atoms with Gasteiger partial charge in [-0.2, -0.15) is 0 Å². The third kappa shape index (κ3) is 5.14. The van der Waals surface area contributed by atoms with Crippen LogP contribution in [0, 0.1) is 0 Å². The van der Waals surface area contributed by atoms with Crippen molar-refractivity contribution < 1.29 is 14.3 Å². The number of rotatable bonds is 7. The van der Waals surface area contributed by atoms with Crippen molar-refractivity contribution in [2.45, 2.75) is 9.79 Å². The molecule has 6 heteroatoms. The quantitative estimate of drug-likeness (QED) is 0.572. The highest BCUT2D eigenvalue weighted by molar-refractivity contribution is 7.99. The van der Waals surface area contributed by atoms with E-state index >= 15 is 0 Å². The smallest absolute Gasteiger partial charge is 0.340 e. The maximum absolute atomic E-state index is 12.3. The van der Waals surface area contributed by atoms with Crippen LogP contribution in [0.1, 0.15) is 10.4 Å². The molecule has 0 atom stereocenters. The molecular formula is C22H20N2O3S. The highest BCUT2D eigenvalue weighted by atomic mass is 32.2. The van der Waals surface area contributed by atoms with Crippen molar-refractivity contribution in [1.82, 2.24) is 0 Å². The zero-order chi connectivity index (χ0) is 19.8. The van der Waals surface area contributed by atoms with Crippen LogP contribution in [0.15, 0.2) is 88.7 Å². The van der Waals surface area contributed by atoms with Crippen LogP contribution in [0.2, 0.25) is 0 Å². The van der Waals surface area contributed by atoms with E-state index in [4.69, 9.17) is 4.74 Å². The summed E-state index contributed by atoms with van der Waals surface area (Å²) in [4.78, 5) is 26.5. The summed E-state index contributed by atoms with van der Waals surface area (Å²) in [6, 6.07) is 24.4. The van der Waals surface area contributed by atoms with Crippen molar-refractivity contribution in [3.05, 3.63) is 84.4 Å². The van der Waals surface area contributed by atoms with Crippen LogP contribution in [0.25, 0.3) is 0 Å². The van der Waals surface area contributed by atoms with E-state index in [1.807, 2.05) is 60.7 Å². The molecule has 0 radical (unpaired) electrons. The lowest BCUT2D eigenvalue weighted by Gasteiger charge is -2.12. The Kier molecular flexibility index (Phi) is 6.70. The van der Waals surface area contributed by atoms with Gasteiger partial charge in [0.15, 0.2) is 6.61 Å². The first-order valence-electron chi connectivity index (χ1n) is 8.73. The molecule has 3 aromatic rings. The van der Waals surface area contributed by atoms with Gasteiger partial charge in [-0.15, -0.1) is 0 Å². The summed E-state index contributed by atoms with van der Waals surface area (Å²) in [7, 11) is 1.72. The number of nitrogens with one attached hydrogen (secondary N) is 2. The number of para-hydroxylation sites is 2. The minimum atomic E-state index is -0.549. The molecule has 0 aliphatic rings. The van der Waals surface area contributed by atoms with Crippen LogP contribution < -0.4 is 10.6 Å². The second-order valence-corrected chi connectivity index (χ2v) is 6.95.